The summed E-state index contributed by atoms with van der Waals surface area (Å²) < 4.78 is 23.2. The number of nitrogens with zero attached hydrogens (tertiary/aromatic N) is 2. The Kier molecular flexibility index (Phi) is 5.79. The first-order valence-corrected chi connectivity index (χ1v) is 13.1. The molecular weight excluding hydrogens is 450 g/mol. The van der Waals surface area contributed by atoms with E-state index in [1.165, 1.54) is 11.8 Å². The van der Waals surface area contributed by atoms with Crippen LogP contribution in [0.5, 0.6) is 0 Å². The number of pyridine rings is 1. The lowest BCUT2D eigenvalue weighted by Gasteiger charge is -2.23. The van der Waals surface area contributed by atoms with Gasteiger partial charge in [-0.1, -0.05) is 24.3 Å². The molecule has 0 aliphatic carbocycles. The average molecular weight is 476 g/mol. The van der Waals surface area contributed by atoms with Crippen molar-refractivity contribution >= 4 is 44.2 Å². The molecular formula is C26H25N3O4S. The molecule has 8 heteroatoms. The third-order valence-electron chi connectivity index (χ3n) is 6.39. The number of nitrogens with one attached hydrogen (secondary N) is 1. The summed E-state index contributed by atoms with van der Waals surface area (Å²) in [6.07, 6.45) is 2.96. The second-order valence-corrected chi connectivity index (χ2v) is 11.1. The highest BCUT2D eigenvalue weighted by atomic mass is 32.2. The first kappa shape index (κ1) is 22.4. The quantitative estimate of drug-likeness (QED) is 0.581. The van der Waals surface area contributed by atoms with E-state index in [0.29, 0.717) is 42.0 Å². The maximum Gasteiger partial charge on any atom is 0.228 e. The third kappa shape index (κ3) is 4.38. The van der Waals surface area contributed by atoms with E-state index in [1.807, 2.05) is 30.3 Å². The smallest absolute Gasteiger partial charge is 0.228 e. The molecule has 2 aliphatic rings. The van der Waals surface area contributed by atoms with Gasteiger partial charge in [0.15, 0.2) is 0 Å². The zero-order valence-corrected chi connectivity index (χ0v) is 19.6. The number of fused-ring (bicyclic) bond motifs is 2. The Morgan fingerprint density at radius 2 is 1.88 bits per heavy atom. The van der Waals surface area contributed by atoms with Crippen molar-refractivity contribution < 1.29 is 18.0 Å². The van der Waals surface area contributed by atoms with Gasteiger partial charge < -0.3 is 5.32 Å². The Balaban J connectivity index is 1.35. The van der Waals surface area contributed by atoms with Crippen molar-refractivity contribution in [3.05, 3.63) is 77.1 Å². The summed E-state index contributed by atoms with van der Waals surface area (Å²) in [5, 5.41) is 4.43. The molecule has 0 spiro atoms. The molecule has 1 amide bonds. The summed E-state index contributed by atoms with van der Waals surface area (Å²) in [5.41, 5.74) is 3.90. The normalized spacial score (nSPS) is 19.0. The summed E-state index contributed by atoms with van der Waals surface area (Å²) in [4.78, 5) is 31.3. The highest BCUT2D eigenvalue weighted by Gasteiger charge is 2.34. The molecule has 5 rings (SSSR count). The third-order valence-corrected chi connectivity index (χ3v) is 8.10. The number of ketones is 1. The number of Topliss-reactive ketones (excluding diaryl/α,β-unsaturated/α-hetero) is 1. The topological polar surface area (TPSA) is 96.4 Å². The molecule has 3 heterocycles. The molecule has 2 aromatic carbocycles. The molecule has 3 aromatic rings. The molecule has 0 atom stereocenters. The zero-order chi connectivity index (χ0) is 23.9. The van der Waals surface area contributed by atoms with E-state index in [-0.39, 0.29) is 29.2 Å². The molecule has 0 unspecified atom stereocenters. The van der Waals surface area contributed by atoms with E-state index in [0.717, 1.165) is 16.5 Å². The first-order chi connectivity index (χ1) is 16.3. The van der Waals surface area contributed by atoms with E-state index >= 15 is 0 Å². The predicted molar refractivity (Wildman–Crippen MR) is 132 cm³/mol. The minimum Gasteiger partial charge on any atom is -0.310 e. The van der Waals surface area contributed by atoms with E-state index in [1.54, 1.807) is 24.3 Å². The molecule has 1 fully saturated rings. The van der Waals surface area contributed by atoms with Gasteiger partial charge in [-0.15, -0.1) is 0 Å². The highest BCUT2D eigenvalue weighted by Crippen LogP contribution is 2.35. The number of sulfone groups is 1. The molecule has 1 saturated heterocycles. The van der Waals surface area contributed by atoms with Crippen molar-refractivity contribution in [2.45, 2.75) is 32.4 Å². The van der Waals surface area contributed by atoms with Crippen LogP contribution in [0.25, 0.3) is 17.0 Å². The number of aromatic nitrogens is 1. The second kappa shape index (κ2) is 8.77. The number of allylic oxidation sites excluding steroid dienone is 1. The fraction of sp³-hybridized carbons (Fsp3) is 0.269. The van der Waals surface area contributed by atoms with Crippen LogP contribution in [-0.2, 0) is 21.2 Å². The minimum atomic E-state index is -2.86. The summed E-state index contributed by atoms with van der Waals surface area (Å²) in [7, 11) is -2.86. The largest absolute Gasteiger partial charge is 0.310 e. The van der Waals surface area contributed by atoms with Crippen LogP contribution in [0.15, 0.2) is 60.3 Å². The lowest BCUT2D eigenvalue weighted by Crippen LogP contribution is -2.37. The lowest BCUT2D eigenvalue weighted by molar-refractivity contribution is -0.116. The van der Waals surface area contributed by atoms with Crippen LogP contribution in [0.4, 0.5) is 5.69 Å². The summed E-state index contributed by atoms with van der Waals surface area (Å²) >= 11 is 0. The van der Waals surface area contributed by atoms with Crippen molar-refractivity contribution in [2.24, 2.45) is 0 Å². The highest BCUT2D eigenvalue weighted by molar-refractivity contribution is 7.91. The van der Waals surface area contributed by atoms with Crippen LogP contribution in [0, 0.1) is 0 Å². The summed E-state index contributed by atoms with van der Waals surface area (Å²) in [6.45, 7) is 2.10. The maximum atomic E-state index is 12.9. The molecule has 7 nitrogen and oxygen atoms in total. The fourth-order valence-corrected chi connectivity index (χ4v) is 6.07. The molecule has 0 saturated carbocycles. The SMILES string of the molecule is CC(=O)N1/C(=C/c2ccc3cc(CNC4CCS(=O)(=O)CC4)ccc3n2)C(=O)c2ccccc21. The molecule has 1 aromatic heterocycles. The standard InChI is InChI=1S/C26H25N3O4S/c1-17(30)29-24-5-3-2-4-22(24)26(31)25(29)15-21-8-7-19-14-18(6-9-23(19)28-21)16-27-20-10-12-34(32,33)13-11-20/h2-9,14-15,20,27H,10-13,16H2,1H3/b25-15+. The number of para-hydroxylation sites is 1. The van der Waals surface area contributed by atoms with Gasteiger partial charge in [-0.2, -0.15) is 0 Å². The second-order valence-electron chi connectivity index (χ2n) is 8.80. The number of hydrogen-bond donors (Lipinski definition) is 1. The summed E-state index contributed by atoms with van der Waals surface area (Å²) in [5.74, 6) is 0.0843. The Hall–Kier alpha value is -3.36. The van der Waals surface area contributed by atoms with Gasteiger partial charge >= 0.3 is 0 Å². The Morgan fingerprint density at radius 3 is 2.65 bits per heavy atom. The van der Waals surface area contributed by atoms with Crippen molar-refractivity contribution in [1.82, 2.24) is 10.3 Å². The Morgan fingerprint density at radius 1 is 1.12 bits per heavy atom. The van der Waals surface area contributed by atoms with Gasteiger partial charge in [-0.05, 0) is 54.8 Å². The van der Waals surface area contributed by atoms with Crippen molar-refractivity contribution in [3.8, 4) is 0 Å². The van der Waals surface area contributed by atoms with Gasteiger partial charge in [0.2, 0.25) is 11.7 Å². The molecule has 2 aliphatic heterocycles. The number of carbonyl (C=O) groups excluding carboxylic acids is 2. The predicted octanol–water partition coefficient (Wildman–Crippen LogP) is 3.49. The number of anilines is 1. The zero-order valence-electron chi connectivity index (χ0n) is 18.8. The first-order valence-electron chi connectivity index (χ1n) is 11.3. The van der Waals surface area contributed by atoms with Gasteiger partial charge in [0, 0.05) is 30.5 Å². The van der Waals surface area contributed by atoms with Crippen LogP contribution >= 0.6 is 0 Å². The Bertz CT molecular complexity index is 1430. The number of hydrogen-bond acceptors (Lipinski definition) is 6. The maximum absolute atomic E-state index is 12.9. The van der Waals surface area contributed by atoms with Gasteiger partial charge in [0.25, 0.3) is 0 Å². The number of carbonyl (C=O) groups is 2. The molecule has 34 heavy (non-hydrogen) atoms. The van der Waals surface area contributed by atoms with Crippen molar-refractivity contribution in [3.63, 3.8) is 0 Å². The van der Waals surface area contributed by atoms with Crippen LogP contribution in [0.2, 0.25) is 0 Å². The van der Waals surface area contributed by atoms with E-state index in [2.05, 4.69) is 16.4 Å². The van der Waals surface area contributed by atoms with Crippen LogP contribution in [0.3, 0.4) is 0 Å². The van der Waals surface area contributed by atoms with Gasteiger partial charge in [-0.25, -0.2) is 13.4 Å². The fourth-order valence-electron chi connectivity index (χ4n) is 4.58. The van der Waals surface area contributed by atoms with Crippen molar-refractivity contribution in [2.75, 3.05) is 16.4 Å². The molecule has 174 valence electrons. The molecule has 1 N–H and O–H groups in total. The molecule has 0 bridgehead atoms. The average Bonchev–Trinajstić information content (AvgIpc) is 3.10. The van der Waals surface area contributed by atoms with E-state index in [4.69, 9.17) is 0 Å². The number of benzene rings is 2. The van der Waals surface area contributed by atoms with Gasteiger partial charge in [0.1, 0.15) is 9.84 Å². The van der Waals surface area contributed by atoms with Crippen LogP contribution < -0.4 is 10.2 Å². The minimum absolute atomic E-state index is 0.190. The Labute approximate surface area is 198 Å². The van der Waals surface area contributed by atoms with E-state index < -0.39 is 9.84 Å². The van der Waals surface area contributed by atoms with Crippen molar-refractivity contribution in [1.29, 1.82) is 0 Å². The number of rotatable bonds is 4. The van der Waals surface area contributed by atoms with E-state index in [9.17, 15) is 18.0 Å². The summed E-state index contributed by atoms with van der Waals surface area (Å²) in [6, 6.07) is 17.1. The lowest BCUT2D eigenvalue weighted by atomic mass is 10.1. The van der Waals surface area contributed by atoms with Gasteiger partial charge in [0.05, 0.1) is 34.1 Å². The number of amides is 1. The van der Waals surface area contributed by atoms with Crippen LogP contribution in [-0.4, -0.2) is 42.6 Å². The van der Waals surface area contributed by atoms with Gasteiger partial charge in [-0.3, -0.25) is 14.5 Å². The monoisotopic (exact) mass is 475 g/mol. The molecule has 0 radical (unpaired) electrons. The van der Waals surface area contributed by atoms with Crippen LogP contribution in [0.1, 0.15) is 41.4 Å².